The fraction of sp³-hybridized carbons (Fsp3) is 1.00. The molecule has 0 amide bonds. The van der Waals surface area contributed by atoms with Crippen LogP contribution in [0.2, 0.25) is 0 Å². The maximum absolute atomic E-state index is 11.9. The van der Waals surface area contributed by atoms with Gasteiger partial charge in [0.25, 0.3) is 0 Å². The molecule has 1 aliphatic heterocycles. The lowest BCUT2D eigenvalue weighted by atomic mass is 10.4. The zero-order chi connectivity index (χ0) is 9.03. The van der Waals surface area contributed by atoms with Gasteiger partial charge in [0, 0.05) is 13.1 Å². The van der Waals surface area contributed by atoms with Gasteiger partial charge in [-0.25, -0.2) is 0 Å². The molecule has 6 heteroatoms. The van der Waals surface area contributed by atoms with E-state index < -0.39 is 12.7 Å². The van der Waals surface area contributed by atoms with Crippen molar-refractivity contribution in [1.82, 2.24) is 10.2 Å². The highest BCUT2D eigenvalue weighted by molar-refractivity contribution is 5.85. The van der Waals surface area contributed by atoms with Crippen LogP contribution >= 0.6 is 12.4 Å². The Hall–Kier alpha value is -0.0000000000000000416. The number of nitrogens with one attached hydrogen (secondary N) is 1. The van der Waals surface area contributed by atoms with Crippen molar-refractivity contribution in [2.45, 2.75) is 12.6 Å². The van der Waals surface area contributed by atoms with E-state index in [1.807, 2.05) is 0 Å². The summed E-state index contributed by atoms with van der Waals surface area (Å²) in [7, 11) is 0. The van der Waals surface area contributed by atoms with E-state index in [4.69, 9.17) is 0 Å². The van der Waals surface area contributed by atoms with Crippen molar-refractivity contribution in [3.05, 3.63) is 0 Å². The van der Waals surface area contributed by atoms with Gasteiger partial charge in [0.15, 0.2) is 0 Å². The molecule has 1 N–H and O–H groups in total. The van der Waals surface area contributed by atoms with Gasteiger partial charge < -0.3 is 5.32 Å². The summed E-state index contributed by atoms with van der Waals surface area (Å²) in [6.07, 6.45) is -3.25. The van der Waals surface area contributed by atoms with Crippen LogP contribution in [0.1, 0.15) is 6.42 Å². The van der Waals surface area contributed by atoms with Crippen LogP contribution in [0.25, 0.3) is 0 Å². The van der Waals surface area contributed by atoms with Gasteiger partial charge in [-0.15, -0.1) is 12.4 Å². The molecular weight excluding hydrogens is 205 g/mol. The third kappa shape index (κ3) is 6.12. The van der Waals surface area contributed by atoms with E-state index in [1.165, 1.54) is 4.90 Å². The standard InChI is InChI=1S/C7H13F3N2.ClH/c8-7(9,10)6-12-4-1-2-11-3-5-12;/h11H,1-6H2;1H. The number of nitrogens with zero attached hydrogens (tertiary/aromatic N) is 1. The number of alkyl halides is 3. The average molecular weight is 219 g/mol. The summed E-state index contributed by atoms with van der Waals surface area (Å²) in [5, 5.41) is 3.05. The van der Waals surface area contributed by atoms with Gasteiger partial charge >= 0.3 is 6.18 Å². The predicted octanol–water partition coefficient (Wildman–Crippen LogP) is 1.27. The van der Waals surface area contributed by atoms with Crippen molar-refractivity contribution < 1.29 is 13.2 Å². The first-order valence-corrected chi connectivity index (χ1v) is 4.08. The van der Waals surface area contributed by atoms with Gasteiger partial charge in [0.2, 0.25) is 0 Å². The molecule has 80 valence electrons. The molecular formula is C7H14ClF3N2. The first-order valence-electron chi connectivity index (χ1n) is 4.08. The summed E-state index contributed by atoms with van der Waals surface area (Å²) in [5.41, 5.74) is 0. The highest BCUT2D eigenvalue weighted by Gasteiger charge is 2.30. The topological polar surface area (TPSA) is 15.3 Å². The Bertz CT molecular complexity index is 132. The zero-order valence-corrected chi connectivity index (χ0v) is 8.05. The van der Waals surface area contributed by atoms with Crippen molar-refractivity contribution in [1.29, 1.82) is 0 Å². The predicted molar refractivity (Wildman–Crippen MR) is 47.2 cm³/mol. The first kappa shape index (κ1) is 13.0. The molecule has 0 unspecified atom stereocenters. The second kappa shape index (κ2) is 5.67. The Morgan fingerprint density at radius 1 is 1.15 bits per heavy atom. The second-order valence-corrected chi connectivity index (χ2v) is 2.99. The van der Waals surface area contributed by atoms with E-state index in [1.54, 1.807) is 0 Å². The van der Waals surface area contributed by atoms with E-state index >= 15 is 0 Å². The zero-order valence-electron chi connectivity index (χ0n) is 7.23. The summed E-state index contributed by atoms with van der Waals surface area (Å²) in [4.78, 5) is 1.44. The molecule has 1 heterocycles. The summed E-state index contributed by atoms with van der Waals surface area (Å²) < 4.78 is 35.7. The van der Waals surface area contributed by atoms with Gasteiger partial charge in [0.1, 0.15) is 0 Å². The molecule has 0 aromatic heterocycles. The van der Waals surface area contributed by atoms with Gasteiger partial charge in [-0.2, -0.15) is 13.2 Å². The van der Waals surface area contributed by atoms with E-state index in [0.717, 1.165) is 13.0 Å². The van der Waals surface area contributed by atoms with E-state index in [9.17, 15) is 13.2 Å². The molecule has 1 fully saturated rings. The van der Waals surface area contributed by atoms with Crippen LogP contribution in [0.5, 0.6) is 0 Å². The normalized spacial score (nSPS) is 20.5. The van der Waals surface area contributed by atoms with Crippen molar-refractivity contribution in [3.8, 4) is 0 Å². The summed E-state index contributed by atoms with van der Waals surface area (Å²) in [6, 6.07) is 0. The van der Waals surface area contributed by atoms with E-state index in [2.05, 4.69) is 5.32 Å². The smallest absolute Gasteiger partial charge is 0.315 e. The minimum Gasteiger partial charge on any atom is -0.315 e. The van der Waals surface area contributed by atoms with Gasteiger partial charge in [-0.05, 0) is 19.5 Å². The molecule has 0 radical (unpaired) electrons. The maximum atomic E-state index is 11.9. The van der Waals surface area contributed by atoms with Crippen molar-refractivity contribution in [2.24, 2.45) is 0 Å². The second-order valence-electron chi connectivity index (χ2n) is 2.99. The Morgan fingerprint density at radius 3 is 2.46 bits per heavy atom. The minimum atomic E-state index is -4.05. The first-order chi connectivity index (χ1) is 5.58. The van der Waals surface area contributed by atoms with Crippen LogP contribution in [-0.2, 0) is 0 Å². The molecule has 0 atom stereocenters. The quantitative estimate of drug-likeness (QED) is 0.713. The Balaban J connectivity index is 0.00000144. The average Bonchev–Trinajstić information content (AvgIpc) is 2.12. The fourth-order valence-corrected chi connectivity index (χ4v) is 1.31. The highest BCUT2D eigenvalue weighted by Crippen LogP contribution is 2.16. The molecule has 13 heavy (non-hydrogen) atoms. The number of rotatable bonds is 1. The maximum Gasteiger partial charge on any atom is 0.401 e. The van der Waals surface area contributed by atoms with Crippen LogP contribution in [0, 0.1) is 0 Å². The van der Waals surface area contributed by atoms with Crippen LogP contribution in [-0.4, -0.2) is 43.8 Å². The molecule has 0 aromatic rings. The van der Waals surface area contributed by atoms with Gasteiger partial charge in [0.05, 0.1) is 6.54 Å². The summed E-state index contributed by atoms with van der Waals surface area (Å²) in [5.74, 6) is 0. The van der Waals surface area contributed by atoms with Gasteiger partial charge in [-0.3, -0.25) is 4.90 Å². The lowest BCUT2D eigenvalue weighted by Crippen LogP contribution is -2.36. The fourth-order valence-electron chi connectivity index (χ4n) is 1.31. The lowest BCUT2D eigenvalue weighted by molar-refractivity contribution is -0.145. The minimum absolute atomic E-state index is 0. The molecule has 2 nitrogen and oxygen atoms in total. The molecule has 1 saturated heterocycles. The lowest BCUT2D eigenvalue weighted by Gasteiger charge is -2.20. The third-order valence-electron chi connectivity index (χ3n) is 1.84. The summed E-state index contributed by atoms with van der Waals surface area (Å²) >= 11 is 0. The number of hydrogen-bond acceptors (Lipinski definition) is 2. The monoisotopic (exact) mass is 218 g/mol. The highest BCUT2D eigenvalue weighted by atomic mass is 35.5. The van der Waals surface area contributed by atoms with Crippen molar-refractivity contribution in [3.63, 3.8) is 0 Å². The molecule has 0 aliphatic carbocycles. The molecule has 1 rings (SSSR count). The van der Waals surface area contributed by atoms with Gasteiger partial charge in [-0.1, -0.05) is 0 Å². The Kier molecular flexibility index (Phi) is 5.67. The Morgan fingerprint density at radius 2 is 1.85 bits per heavy atom. The van der Waals surface area contributed by atoms with Crippen LogP contribution in [0.4, 0.5) is 13.2 Å². The molecule has 1 aliphatic rings. The molecule has 0 saturated carbocycles. The van der Waals surface area contributed by atoms with Crippen LogP contribution in [0.3, 0.4) is 0 Å². The summed E-state index contributed by atoms with van der Waals surface area (Å²) in [6.45, 7) is 1.77. The Labute approximate surface area is 81.9 Å². The number of halogens is 4. The van der Waals surface area contributed by atoms with Crippen molar-refractivity contribution in [2.75, 3.05) is 32.7 Å². The third-order valence-corrected chi connectivity index (χ3v) is 1.84. The molecule has 0 aromatic carbocycles. The van der Waals surface area contributed by atoms with Crippen molar-refractivity contribution >= 4 is 12.4 Å². The van der Waals surface area contributed by atoms with E-state index in [0.29, 0.717) is 19.6 Å². The largest absolute Gasteiger partial charge is 0.401 e. The van der Waals surface area contributed by atoms with Crippen LogP contribution in [0.15, 0.2) is 0 Å². The van der Waals surface area contributed by atoms with Crippen LogP contribution < -0.4 is 5.32 Å². The number of hydrogen-bond donors (Lipinski definition) is 1. The molecule has 0 spiro atoms. The van der Waals surface area contributed by atoms with E-state index in [-0.39, 0.29) is 12.4 Å². The molecule has 0 bridgehead atoms. The SMILES string of the molecule is Cl.FC(F)(F)CN1CCCNCC1.